The minimum absolute atomic E-state index is 0.119. The van der Waals surface area contributed by atoms with Gasteiger partial charge in [0, 0.05) is 5.56 Å². The van der Waals surface area contributed by atoms with Crippen LogP contribution in [0.5, 0.6) is 0 Å². The molecular formula is C16H8O5. The molecule has 2 rings (SSSR count). The molecule has 0 amide bonds. The number of hydrogen-bond acceptors (Lipinski definition) is 5. The molecule has 2 aromatic carbocycles. The summed E-state index contributed by atoms with van der Waals surface area (Å²) in [4.78, 5) is 45.2. The van der Waals surface area contributed by atoms with Crippen molar-refractivity contribution in [3.05, 3.63) is 70.8 Å². The van der Waals surface area contributed by atoms with Crippen LogP contribution in [0.15, 0.2) is 48.5 Å². The highest BCUT2D eigenvalue weighted by atomic mass is 16.6. The molecule has 0 saturated heterocycles. The molecular weight excluding hydrogens is 272 g/mol. The van der Waals surface area contributed by atoms with Crippen LogP contribution in [-0.2, 0) is 14.3 Å². The number of esters is 2. The van der Waals surface area contributed by atoms with Crippen molar-refractivity contribution in [1.29, 1.82) is 0 Å². The highest BCUT2D eigenvalue weighted by Gasteiger charge is 2.20. The average molecular weight is 280 g/mol. The molecule has 5 heteroatoms. The van der Waals surface area contributed by atoms with Crippen LogP contribution < -0.4 is 0 Å². The lowest BCUT2D eigenvalue weighted by molar-refractivity contribution is 0.0397. The van der Waals surface area contributed by atoms with Crippen molar-refractivity contribution in [1.82, 2.24) is 0 Å². The summed E-state index contributed by atoms with van der Waals surface area (Å²) in [5, 5.41) is 0. The lowest BCUT2D eigenvalue weighted by atomic mass is 10.0. The monoisotopic (exact) mass is 280 g/mol. The zero-order valence-corrected chi connectivity index (χ0v) is 10.7. The normalized spacial score (nSPS) is 9.71. The molecule has 0 aliphatic heterocycles. The summed E-state index contributed by atoms with van der Waals surface area (Å²) in [7, 11) is 0. The first-order valence-corrected chi connectivity index (χ1v) is 5.88. The zero-order chi connectivity index (χ0) is 15.2. The molecule has 0 unspecified atom stereocenters. The number of hydrogen-bond donors (Lipinski definition) is 0. The lowest BCUT2D eigenvalue weighted by Gasteiger charge is -2.05. The minimum atomic E-state index is -1.03. The Balaban J connectivity index is 2.27. The van der Waals surface area contributed by atoms with Crippen LogP contribution in [0.2, 0.25) is 0 Å². The fourth-order valence-electron chi connectivity index (χ4n) is 1.69. The Morgan fingerprint density at radius 1 is 0.810 bits per heavy atom. The van der Waals surface area contributed by atoms with Crippen LogP contribution >= 0.6 is 0 Å². The molecule has 0 atom stereocenters. The Labute approximate surface area is 120 Å². The number of ether oxygens (including phenoxy) is 1. The maximum absolute atomic E-state index is 11.9. The van der Waals surface area contributed by atoms with Gasteiger partial charge >= 0.3 is 11.9 Å². The van der Waals surface area contributed by atoms with E-state index < -0.39 is 11.9 Å². The van der Waals surface area contributed by atoms with E-state index in [1.54, 1.807) is 18.2 Å². The maximum atomic E-state index is 11.9. The summed E-state index contributed by atoms with van der Waals surface area (Å²) in [6.45, 7) is 0. The Hall–Kier alpha value is -3.08. The predicted octanol–water partition coefficient (Wildman–Crippen LogP) is 1.60. The highest BCUT2D eigenvalue weighted by molar-refractivity contribution is 6.08. The van der Waals surface area contributed by atoms with E-state index in [-0.39, 0.29) is 22.3 Å². The van der Waals surface area contributed by atoms with E-state index in [0.29, 0.717) is 0 Å². The van der Waals surface area contributed by atoms with Crippen LogP contribution in [0.4, 0.5) is 0 Å². The molecule has 0 aromatic heterocycles. The van der Waals surface area contributed by atoms with Gasteiger partial charge in [-0.05, 0) is 18.2 Å². The number of rotatable bonds is 4. The van der Waals surface area contributed by atoms with E-state index in [1.165, 1.54) is 42.9 Å². The summed E-state index contributed by atoms with van der Waals surface area (Å²) in [6.07, 6.45) is 3.01. The second-order valence-corrected chi connectivity index (χ2v) is 3.98. The largest absolute Gasteiger partial charge is 0.386 e. The third-order valence-corrected chi connectivity index (χ3v) is 2.69. The standard InChI is InChI=1S/C16H8O5/c17-9-12-7-4-8-13(14(12)10-18)16(20)21-15(19)11-5-2-1-3-6-11/h1-8H. The molecule has 21 heavy (non-hydrogen) atoms. The summed E-state index contributed by atoms with van der Waals surface area (Å²) in [5.41, 5.74) is -0.416. The van der Waals surface area contributed by atoms with Crippen molar-refractivity contribution in [2.24, 2.45) is 0 Å². The Bertz CT molecular complexity index is 704. The fraction of sp³-hybridized carbons (Fsp3) is 0. The summed E-state index contributed by atoms with van der Waals surface area (Å²) in [6, 6.07) is 11.9. The van der Waals surface area contributed by atoms with Crippen LogP contribution in [0.1, 0.15) is 31.8 Å². The van der Waals surface area contributed by atoms with Gasteiger partial charge in [-0.1, -0.05) is 30.3 Å². The van der Waals surface area contributed by atoms with E-state index in [1.807, 2.05) is 0 Å². The first-order chi connectivity index (χ1) is 10.2. The van der Waals surface area contributed by atoms with Crippen LogP contribution in [0.25, 0.3) is 0 Å². The third-order valence-electron chi connectivity index (χ3n) is 2.69. The second-order valence-electron chi connectivity index (χ2n) is 3.98. The predicted molar refractivity (Wildman–Crippen MR) is 72.2 cm³/mol. The Morgan fingerprint density at radius 3 is 2.14 bits per heavy atom. The van der Waals surface area contributed by atoms with E-state index >= 15 is 0 Å². The molecule has 2 radical (unpaired) electrons. The topological polar surface area (TPSA) is 77.5 Å². The van der Waals surface area contributed by atoms with Crippen LogP contribution in [-0.4, -0.2) is 24.5 Å². The summed E-state index contributed by atoms with van der Waals surface area (Å²) >= 11 is 0. The van der Waals surface area contributed by atoms with Gasteiger partial charge in [0.2, 0.25) is 12.6 Å². The van der Waals surface area contributed by atoms with Crippen molar-refractivity contribution in [2.75, 3.05) is 0 Å². The molecule has 102 valence electrons. The van der Waals surface area contributed by atoms with Gasteiger partial charge in [-0.15, -0.1) is 0 Å². The SMILES string of the molecule is O=[C]c1cccc(C(=O)OC(=O)c2ccccc2)c1[C]=O. The van der Waals surface area contributed by atoms with Gasteiger partial charge in [-0.25, -0.2) is 9.59 Å². The lowest BCUT2D eigenvalue weighted by Crippen LogP contribution is -2.15. The van der Waals surface area contributed by atoms with Crippen molar-refractivity contribution < 1.29 is 23.9 Å². The molecule has 0 heterocycles. The molecule has 5 nitrogen and oxygen atoms in total. The minimum Gasteiger partial charge on any atom is -0.386 e. The van der Waals surface area contributed by atoms with Gasteiger partial charge in [0.25, 0.3) is 0 Å². The van der Waals surface area contributed by atoms with E-state index in [4.69, 9.17) is 0 Å². The number of benzene rings is 2. The van der Waals surface area contributed by atoms with Crippen molar-refractivity contribution in [3.8, 4) is 0 Å². The van der Waals surface area contributed by atoms with Crippen molar-refractivity contribution in [3.63, 3.8) is 0 Å². The first-order valence-electron chi connectivity index (χ1n) is 5.88. The van der Waals surface area contributed by atoms with Crippen LogP contribution in [0, 0.1) is 0 Å². The molecule has 0 aliphatic carbocycles. The van der Waals surface area contributed by atoms with Gasteiger partial charge < -0.3 is 4.74 Å². The van der Waals surface area contributed by atoms with Gasteiger partial charge in [-0.3, -0.25) is 9.59 Å². The maximum Gasteiger partial charge on any atom is 0.346 e. The summed E-state index contributed by atoms with van der Waals surface area (Å²) < 4.78 is 4.68. The van der Waals surface area contributed by atoms with Gasteiger partial charge in [-0.2, -0.15) is 0 Å². The Kier molecular flexibility index (Phi) is 4.36. The average Bonchev–Trinajstić information content (AvgIpc) is 2.54. The molecule has 0 aliphatic rings. The molecule has 0 bridgehead atoms. The first kappa shape index (κ1) is 14.3. The van der Waals surface area contributed by atoms with E-state index in [9.17, 15) is 19.2 Å². The molecule has 0 saturated carbocycles. The number of carbonyl (C=O) groups excluding carboxylic acids is 4. The highest BCUT2D eigenvalue weighted by Crippen LogP contribution is 2.13. The van der Waals surface area contributed by atoms with Crippen LogP contribution in [0.3, 0.4) is 0 Å². The zero-order valence-electron chi connectivity index (χ0n) is 10.7. The van der Waals surface area contributed by atoms with Crippen molar-refractivity contribution in [2.45, 2.75) is 0 Å². The molecule has 0 N–H and O–H groups in total. The molecule has 0 spiro atoms. The summed E-state index contributed by atoms with van der Waals surface area (Å²) in [5.74, 6) is -1.88. The molecule has 0 fully saturated rings. The fourth-order valence-corrected chi connectivity index (χ4v) is 1.69. The van der Waals surface area contributed by atoms with Crippen molar-refractivity contribution >= 4 is 24.5 Å². The van der Waals surface area contributed by atoms with Gasteiger partial charge in [0.05, 0.1) is 16.7 Å². The quantitative estimate of drug-likeness (QED) is 0.628. The second kappa shape index (κ2) is 6.38. The van der Waals surface area contributed by atoms with E-state index in [0.717, 1.165) is 0 Å². The van der Waals surface area contributed by atoms with Gasteiger partial charge in [0.1, 0.15) is 0 Å². The third kappa shape index (κ3) is 3.09. The van der Waals surface area contributed by atoms with Gasteiger partial charge in [0.15, 0.2) is 0 Å². The smallest absolute Gasteiger partial charge is 0.346 e. The molecule has 2 aromatic rings. The number of carbonyl (C=O) groups is 2. The Morgan fingerprint density at radius 2 is 1.52 bits per heavy atom. The van der Waals surface area contributed by atoms with E-state index in [2.05, 4.69) is 4.74 Å².